The maximum absolute atomic E-state index is 13.7. The van der Waals surface area contributed by atoms with Gasteiger partial charge in [0.2, 0.25) is 5.91 Å². The summed E-state index contributed by atoms with van der Waals surface area (Å²) in [7, 11) is 3.69. The number of thiophene rings is 1. The summed E-state index contributed by atoms with van der Waals surface area (Å²) in [6, 6.07) is 1.54. The molecule has 24 heavy (non-hydrogen) atoms. The number of alkyl halides is 1. The highest BCUT2D eigenvalue weighted by Crippen LogP contribution is 2.40. The lowest BCUT2D eigenvalue weighted by Crippen LogP contribution is -2.37. The Bertz CT molecular complexity index is 727. The largest absolute Gasteiger partial charge is 0.368 e. The second-order valence-corrected chi connectivity index (χ2v) is 8.26. The van der Waals surface area contributed by atoms with E-state index in [1.165, 1.54) is 0 Å². The van der Waals surface area contributed by atoms with Crippen LogP contribution in [0.3, 0.4) is 0 Å². The fraction of sp³-hybridized carbons (Fsp3) is 0.429. The number of carbonyl (C=O) groups is 1. The molecule has 1 amide bonds. The molecule has 1 aromatic rings. The quantitative estimate of drug-likeness (QED) is 0.419. The van der Waals surface area contributed by atoms with Gasteiger partial charge in [0.05, 0.1) is 16.6 Å². The summed E-state index contributed by atoms with van der Waals surface area (Å²) in [6.07, 6.45) is 0. The highest BCUT2D eigenvalue weighted by Gasteiger charge is 2.46. The van der Waals surface area contributed by atoms with Gasteiger partial charge in [0.15, 0.2) is 5.13 Å². The van der Waals surface area contributed by atoms with Gasteiger partial charge in [-0.05, 0) is 11.4 Å². The van der Waals surface area contributed by atoms with E-state index >= 15 is 0 Å². The van der Waals surface area contributed by atoms with E-state index in [2.05, 4.69) is 26.7 Å². The Morgan fingerprint density at radius 3 is 2.83 bits per heavy atom. The van der Waals surface area contributed by atoms with Crippen LogP contribution in [0.2, 0.25) is 0 Å². The first kappa shape index (κ1) is 18.1. The second-order valence-electron chi connectivity index (χ2n) is 5.68. The smallest absolute Gasteiger partial charge is 0.235 e. The maximum Gasteiger partial charge on any atom is 0.235 e. The van der Waals surface area contributed by atoms with E-state index in [-0.39, 0.29) is 23.0 Å². The van der Waals surface area contributed by atoms with E-state index in [0.717, 1.165) is 21.5 Å². The van der Waals surface area contributed by atoms with Gasteiger partial charge in [-0.2, -0.15) is 4.39 Å². The number of halogens is 3. The van der Waals surface area contributed by atoms with Crippen molar-refractivity contribution < 1.29 is 9.18 Å². The van der Waals surface area contributed by atoms with Crippen LogP contribution < -0.4 is 10.7 Å². The van der Waals surface area contributed by atoms with E-state index in [1.807, 2.05) is 19.0 Å². The van der Waals surface area contributed by atoms with E-state index in [0.29, 0.717) is 11.5 Å². The number of likely N-dealkylation sites (tertiary alicyclic amines) is 1. The second kappa shape index (κ2) is 6.87. The van der Waals surface area contributed by atoms with Crippen molar-refractivity contribution in [3.05, 3.63) is 26.8 Å². The molecule has 1 fully saturated rings. The molecule has 10 heteroatoms. The fourth-order valence-corrected chi connectivity index (χ4v) is 4.88. The molecule has 2 N–H and O–H groups in total. The number of nitrogens with zero attached hydrogens (tertiary/aromatic N) is 2. The Hall–Kier alpha value is -0.740. The molecule has 1 unspecified atom stereocenters. The number of hydrogen-bond donors (Lipinski definition) is 2. The van der Waals surface area contributed by atoms with Gasteiger partial charge in [-0.25, -0.2) is 5.43 Å². The molecule has 0 spiro atoms. The molecule has 3 atom stereocenters. The first-order valence-corrected chi connectivity index (χ1v) is 9.65. The van der Waals surface area contributed by atoms with Crippen LogP contribution in [0.5, 0.6) is 0 Å². The zero-order valence-corrected chi connectivity index (χ0v) is 16.8. The Kier molecular flexibility index (Phi) is 5.17. The number of thiocarbonyl (C=S) groups is 1. The van der Waals surface area contributed by atoms with Crippen molar-refractivity contribution in [2.75, 3.05) is 26.0 Å². The Labute approximate surface area is 161 Å². The van der Waals surface area contributed by atoms with Crippen molar-refractivity contribution in [2.45, 2.75) is 5.50 Å². The van der Waals surface area contributed by atoms with Gasteiger partial charge in [0.25, 0.3) is 0 Å². The fourth-order valence-electron chi connectivity index (χ4n) is 3.04. The minimum absolute atomic E-state index is 0.181. The molecule has 1 saturated heterocycles. The summed E-state index contributed by atoms with van der Waals surface area (Å²) < 4.78 is 14.4. The van der Waals surface area contributed by atoms with Gasteiger partial charge in [-0.15, -0.1) is 11.3 Å². The molecule has 3 rings (SSSR count). The molecule has 2 aliphatic heterocycles. The summed E-state index contributed by atoms with van der Waals surface area (Å²) >= 11 is 16.1. The van der Waals surface area contributed by atoms with Crippen LogP contribution in [0.4, 0.5) is 10.1 Å². The molecular weight excluding hydrogens is 439 g/mol. The number of anilines is 1. The third-order valence-electron chi connectivity index (χ3n) is 4.16. The van der Waals surface area contributed by atoms with Gasteiger partial charge >= 0.3 is 0 Å². The third kappa shape index (κ3) is 3.08. The predicted molar refractivity (Wildman–Crippen MR) is 102 cm³/mol. The van der Waals surface area contributed by atoms with Crippen LogP contribution in [0, 0.1) is 17.0 Å². The summed E-state index contributed by atoms with van der Waals surface area (Å²) in [6.45, 7) is 0.586. The van der Waals surface area contributed by atoms with Crippen molar-refractivity contribution in [3.8, 4) is 0 Å². The van der Waals surface area contributed by atoms with Gasteiger partial charge in [-0.1, -0.05) is 39.7 Å². The van der Waals surface area contributed by atoms with Crippen LogP contribution in [0.1, 0.15) is 0 Å². The normalized spacial score (nSPS) is 27.4. The Balaban J connectivity index is 1.90. The lowest BCUT2D eigenvalue weighted by atomic mass is 9.91. The van der Waals surface area contributed by atoms with Crippen molar-refractivity contribution in [3.63, 3.8) is 0 Å². The monoisotopic (exact) mass is 452 g/mol. The topological polar surface area (TPSA) is 47.6 Å². The molecule has 3 heterocycles. The average Bonchev–Trinajstić information content (AvgIpc) is 3.11. The van der Waals surface area contributed by atoms with Gasteiger partial charge < -0.3 is 15.2 Å². The summed E-state index contributed by atoms with van der Waals surface area (Å²) in [5, 5.41) is 5.63. The Morgan fingerprint density at radius 2 is 2.29 bits per heavy atom. The molecule has 0 aromatic carbocycles. The molecule has 2 aliphatic rings. The van der Waals surface area contributed by atoms with Crippen molar-refractivity contribution in [1.82, 2.24) is 15.3 Å². The molecule has 1 aromatic heterocycles. The highest BCUT2D eigenvalue weighted by molar-refractivity contribution is 9.11. The zero-order valence-electron chi connectivity index (χ0n) is 12.8. The number of carbonyl (C=O) groups excluding carboxylic acids is 1. The van der Waals surface area contributed by atoms with Crippen molar-refractivity contribution >= 4 is 67.7 Å². The lowest BCUT2D eigenvalue weighted by Gasteiger charge is -2.24. The first-order chi connectivity index (χ1) is 11.3. The van der Waals surface area contributed by atoms with Crippen molar-refractivity contribution in [2.24, 2.45) is 11.8 Å². The molecule has 0 radical (unpaired) electrons. The molecular formula is C14H15BrClFN4OS2. The third-order valence-corrected chi connectivity index (χ3v) is 6.87. The van der Waals surface area contributed by atoms with Crippen LogP contribution in [0.25, 0.3) is 0 Å². The van der Waals surface area contributed by atoms with E-state index in [4.69, 9.17) is 23.8 Å². The number of hydrogen-bond acceptors (Lipinski definition) is 5. The van der Waals surface area contributed by atoms with Crippen LogP contribution >= 0.6 is 51.1 Å². The number of nitrogens with one attached hydrogen (secondary N) is 2. The van der Waals surface area contributed by atoms with Crippen LogP contribution in [-0.2, 0) is 4.79 Å². The minimum Gasteiger partial charge on any atom is -0.368 e. The summed E-state index contributed by atoms with van der Waals surface area (Å²) in [4.78, 5) is 15.2. The molecule has 130 valence electrons. The highest BCUT2D eigenvalue weighted by atomic mass is 79.9. The van der Waals surface area contributed by atoms with E-state index in [9.17, 15) is 9.18 Å². The van der Waals surface area contributed by atoms with E-state index < -0.39 is 11.0 Å². The van der Waals surface area contributed by atoms with E-state index in [1.54, 1.807) is 16.5 Å². The number of rotatable bonds is 3. The van der Waals surface area contributed by atoms with Crippen LogP contribution in [0.15, 0.2) is 21.6 Å². The maximum atomic E-state index is 13.7. The number of hydrazine groups is 1. The number of amides is 1. The van der Waals surface area contributed by atoms with Gasteiger partial charge in [0, 0.05) is 36.7 Å². The summed E-state index contributed by atoms with van der Waals surface area (Å²) in [5.41, 5.74) is 3.74. The zero-order chi connectivity index (χ0) is 17.6. The standard InChI is InChI=1S/C14H15BrClFN4OS2/c1-20-5-6(10-9(15)11(16)19-21(10)2)8(14(20)23)13(22)18-7-3-4-24-12(7)17/h3-4,6,8,11,19H,5H2,1-2H3,(H,18,22)/t6-,8-,11?/m0/s1. The molecule has 0 bridgehead atoms. The Morgan fingerprint density at radius 1 is 1.58 bits per heavy atom. The predicted octanol–water partition coefficient (Wildman–Crippen LogP) is 2.95. The lowest BCUT2D eigenvalue weighted by molar-refractivity contribution is -0.118. The first-order valence-electron chi connectivity index (χ1n) is 7.13. The molecule has 0 saturated carbocycles. The summed E-state index contributed by atoms with van der Waals surface area (Å²) in [5.74, 6) is -1.07. The average molecular weight is 454 g/mol. The molecule has 0 aliphatic carbocycles. The molecule has 5 nitrogen and oxygen atoms in total. The van der Waals surface area contributed by atoms with Gasteiger partial charge in [0.1, 0.15) is 5.50 Å². The van der Waals surface area contributed by atoms with Crippen molar-refractivity contribution in [1.29, 1.82) is 0 Å². The van der Waals surface area contributed by atoms with Crippen LogP contribution in [-0.4, -0.2) is 46.9 Å². The SMILES string of the molecule is CN1C[C@H](C2=C(Br)C(Cl)NN2C)[C@@H](C(=O)Nc2ccsc2F)C1=S. The van der Waals surface area contributed by atoms with Gasteiger partial charge in [-0.3, -0.25) is 4.79 Å². The minimum atomic E-state index is -0.571.